The molecule has 0 aliphatic heterocycles. The molecule has 0 heterocycles. The molecule has 3 heteroatoms. The lowest BCUT2D eigenvalue weighted by Gasteiger charge is -2.09. The van der Waals surface area contributed by atoms with Gasteiger partial charge in [0.2, 0.25) is 5.91 Å². The van der Waals surface area contributed by atoms with E-state index in [0.29, 0.717) is 12.3 Å². The first-order valence-electron chi connectivity index (χ1n) is 7.11. The molecular weight excluding hydrogens is 262 g/mol. The summed E-state index contributed by atoms with van der Waals surface area (Å²) < 4.78 is 5.16. The molecule has 0 unspecified atom stereocenters. The van der Waals surface area contributed by atoms with Gasteiger partial charge in [-0.25, -0.2) is 0 Å². The summed E-state index contributed by atoms with van der Waals surface area (Å²) in [5.41, 5.74) is 3.03. The lowest BCUT2D eigenvalue weighted by atomic mass is 10.0. The highest BCUT2D eigenvalue weighted by Crippen LogP contribution is 2.18. The summed E-state index contributed by atoms with van der Waals surface area (Å²) >= 11 is 0. The van der Waals surface area contributed by atoms with Crippen LogP contribution in [-0.2, 0) is 11.2 Å². The highest BCUT2D eigenvalue weighted by Gasteiger charge is 2.06. The lowest BCUT2D eigenvalue weighted by Crippen LogP contribution is -2.14. The maximum atomic E-state index is 12.0. The van der Waals surface area contributed by atoms with Crippen molar-refractivity contribution in [3.8, 4) is 5.75 Å². The largest absolute Gasteiger partial charge is 0.497 e. The van der Waals surface area contributed by atoms with E-state index in [2.05, 4.69) is 19.2 Å². The molecule has 0 bridgehead atoms. The van der Waals surface area contributed by atoms with Crippen molar-refractivity contribution in [2.45, 2.75) is 26.2 Å². The number of anilines is 1. The number of ether oxygens (including phenoxy) is 1. The summed E-state index contributed by atoms with van der Waals surface area (Å²) in [7, 11) is 1.62. The van der Waals surface area contributed by atoms with Crippen molar-refractivity contribution in [2.75, 3.05) is 12.4 Å². The van der Waals surface area contributed by atoms with Crippen LogP contribution in [-0.4, -0.2) is 13.0 Å². The van der Waals surface area contributed by atoms with Crippen LogP contribution in [0.1, 0.15) is 30.9 Å². The van der Waals surface area contributed by atoms with Crippen molar-refractivity contribution in [1.29, 1.82) is 0 Å². The number of methoxy groups -OCH3 is 1. The molecule has 2 aromatic carbocycles. The number of carbonyl (C=O) groups excluding carboxylic acids is 1. The monoisotopic (exact) mass is 283 g/mol. The van der Waals surface area contributed by atoms with E-state index in [1.165, 1.54) is 5.56 Å². The molecule has 1 N–H and O–H groups in total. The Balaban J connectivity index is 1.97. The molecule has 0 aliphatic carbocycles. The highest BCUT2D eigenvalue weighted by atomic mass is 16.5. The third-order valence-corrected chi connectivity index (χ3v) is 3.36. The van der Waals surface area contributed by atoms with Gasteiger partial charge >= 0.3 is 0 Å². The standard InChI is InChI=1S/C18H21NO2/c1-13(2)15-7-9-16(10-8-15)19-18(20)12-14-5-4-6-17(11-14)21-3/h4-11,13H,12H2,1-3H3,(H,19,20). The van der Waals surface area contributed by atoms with Crippen LogP contribution in [0.3, 0.4) is 0 Å². The second kappa shape index (κ2) is 6.93. The Bertz CT molecular complexity index is 603. The zero-order valence-electron chi connectivity index (χ0n) is 12.7. The summed E-state index contributed by atoms with van der Waals surface area (Å²) in [6.45, 7) is 4.30. The van der Waals surface area contributed by atoms with Crippen molar-refractivity contribution < 1.29 is 9.53 Å². The minimum Gasteiger partial charge on any atom is -0.497 e. The smallest absolute Gasteiger partial charge is 0.228 e. The Hall–Kier alpha value is -2.29. The van der Waals surface area contributed by atoms with E-state index in [0.717, 1.165) is 17.0 Å². The Kier molecular flexibility index (Phi) is 4.99. The summed E-state index contributed by atoms with van der Waals surface area (Å²) in [4.78, 5) is 12.0. The molecule has 0 spiro atoms. The van der Waals surface area contributed by atoms with Crippen LogP contribution in [0.25, 0.3) is 0 Å². The van der Waals surface area contributed by atoms with E-state index in [-0.39, 0.29) is 5.91 Å². The van der Waals surface area contributed by atoms with Crippen LogP contribution >= 0.6 is 0 Å². The van der Waals surface area contributed by atoms with Crippen LogP contribution in [0.5, 0.6) is 5.75 Å². The number of benzene rings is 2. The maximum absolute atomic E-state index is 12.0. The molecule has 0 fully saturated rings. The van der Waals surface area contributed by atoms with Gasteiger partial charge in [-0.15, -0.1) is 0 Å². The van der Waals surface area contributed by atoms with Gasteiger partial charge in [0.15, 0.2) is 0 Å². The fourth-order valence-corrected chi connectivity index (χ4v) is 2.12. The number of hydrogen-bond donors (Lipinski definition) is 1. The Morgan fingerprint density at radius 2 is 1.86 bits per heavy atom. The maximum Gasteiger partial charge on any atom is 0.228 e. The first kappa shape index (κ1) is 15.1. The van der Waals surface area contributed by atoms with Crippen LogP contribution in [0, 0.1) is 0 Å². The molecule has 0 aliphatic rings. The van der Waals surface area contributed by atoms with Crippen LogP contribution in [0.2, 0.25) is 0 Å². The lowest BCUT2D eigenvalue weighted by molar-refractivity contribution is -0.115. The third-order valence-electron chi connectivity index (χ3n) is 3.36. The summed E-state index contributed by atoms with van der Waals surface area (Å²) in [6.07, 6.45) is 0.336. The number of rotatable bonds is 5. The molecule has 0 radical (unpaired) electrons. The highest BCUT2D eigenvalue weighted by molar-refractivity contribution is 5.92. The fraction of sp³-hybridized carbons (Fsp3) is 0.278. The van der Waals surface area contributed by atoms with Gasteiger partial charge in [-0.2, -0.15) is 0 Å². The number of carbonyl (C=O) groups is 1. The van der Waals surface area contributed by atoms with E-state index in [1.807, 2.05) is 48.5 Å². The van der Waals surface area contributed by atoms with Crippen molar-refractivity contribution in [3.05, 3.63) is 59.7 Å². The molecule has 0 aromatic heterocycles. The molecule has 1 amide bonds. The first-order valence-corrected chi connectivity index (χ1v) is 7.11. The van der Waals surface area contributed by atoms with Crippen molar-refractivity contribution in [2.24, 2.45) is 0 Å². The van der Waals surface area contributed by atoms with Gasteiger partial charge in [0, 0.05) is 5.69 Å². The van der Waals surface area contributed by atoms with E-state index in [1.54, 1.807) is 7.11 Å². The van der Waals surface area contributed by atoms with Crippen molar-refractivity contribution in [3.63, 3.8) is 0 Å². The second-order valence-electron chi connectivity index (χ2n) is 5.35. The average molecular weight is 283 g/mol. The average Bonchev–Trinajstić information content (AvgIpc) is 2.47. The minimum absolute atomic E-state index is 0.0273. The molecular formula is C18H21NO2. The molecule has 2 rings (SSSR count). The molecule has 3 nitrogen and oxygen atoms in total. The van der Waals surface area contributed by atoms with Gasteiger partial charge in [0.25, 0.3) is 0 Å². The predicted molar refractivity (Wildman–Crippen MR) is 85.9 cm³/mol. The Morgan fingerprint density at radius 3 is 2.48 bits per heavy atom. The SMILES string of the molecule is COc1cccc(CC(=O)Nc2ccc(C(C)C)cc2)c1. The predicted octanol–water partition coefficient (Wildman–Crippen LogP) is 4.00. The third kappa shape index (κ3) is 4.35. The number of amides is 1. The van der Waals surface area contributed by atoms with E-state index in [9.17, 15) is 4.79 Å². The molecule has 0 saturated heterocycles. The second-order valence-corrected chi connectivity index (χ2v) is 5.35. The minimum atomic E-state index is -0.0273. The van der Waals surface area contributed by atoms with Crippen molar-refractivity contribution >= 4 is 11.6 Å². The van der Waals surface area contributed by atoms with E-state index < -0.39 is 0 Å². The summed E-state index contributed by atoms with van der Waals surface area (Å²) in [5, 5.41) is 2.91. The number of nitrogens with one attached hydrogen (secondary N) is 1. The fourth-order valence-electron chi connectivity index (χ4n) is 2.12. The van der Waals surface area contributed by atoms with Gasteiger partial charge in [-0.1, -0.05) is 38.1 Å². The number of hydrogen-bond acceptors (Lipinski definition) is 2. The van der Waals surface area contributed by atoms with Gasteiger partial charge < -0.3 is 10.1 Å². The van der Waals surface area contributed by atoms with E-state index >= 15 is 0 Å². The van der Waals surface area contributed by atoms with Crippen molar-refractivity contribution in [1.82, 2.24) is 0 Å². The van der Waals surface area contributed by atoms with Crippen LogP contribution < -0.4 is 10.1 Å². The molecule has 0 atom stereocenters. The van der Waals surface area contributed by atoms with Crippen LogP contribution in [0.15, 0.2) is 48.5 Å². The summed E-state index contributed by atoms with van der Waals surface area (Å²) in [5.74, 6) is 1.23. The van der Waals surface area contributed by atoms with Gasteiger partial charge in [-0.3, -0.25) is 4.79 Å². The van der Waals surface area contributed by atoms with E-state index in [4.69, 9.17) is 4.74 Å². The molecule has 21 heavy (non-hydrogen) atoms. The topological polar surface area (TPSA) is 38.3 Å². The zero-order chi connectivity index (χ0) is 15.2. The Labute approximate surface area is 126 Å². The normalized spacial score (nSPS) is 10.5. The van der Waals surface area contributed by atoms with Gasteiger partial charge in [-0.05, 0) is 41.3 Å². The zero-order valence-corrected chi connectivity index (χ0v) is 12.7. The van der Waals surface area contributed by atoms with Gasteiger partial charge in [0.05, 0.1) is 13.5 Å². The van der Waals surface area contributed by atoms with Crippen LogP contribution in [0.4, 0.5) is 5.69 Å². The molecule has 110 valence electrons. The molecule has 0 saturated carbocycles. The van der Waals surface area contributed by atoms with Gasteiger partial charge in [0.1, 0.15) is 5.75 Å². The first-order chi connectivity index (χ1) is 10.1. The quantitative estimate of drug-likeness (QED) is 0.900. The summed E-state index contributed by atoms with van der Waals surface area (Å²) in [6, 6.07) is 15.5. The molecule has 2 aromatic rings. The Morgan fingerprint density at radius 1 is 1.14 bits per heavy atom.